The minimum absolute atomic E-state index is 0.737. The molecule has 0 radical (unpaired) electrons. The highest BCUT2D eigenvalue weighted by atomic mass is 79.9. The first-order valence-corrected chi connectivity index (χ1v) is 9.50. The van der Waals surface area contributed by atoms with Crippen LogP contribution in [0.4, 0.5) is 0 Å². The average molecular weight is 409 g/mol. The van der Waals surface area contributed by atoms with E-state index in [2.05, 4.69) is 61.1 Å². The summed E-state index contributed by atoms with van der Waals surface area (Å²) in [5.74, 6) is 0.737. The van der Waals surface area contributed by atoms with E-state index in [0.29, 0.717) is 0 Å². The smallest absolute Gasteiger partial charge is 0.0785 e. The van der Waals surface area contributed by atoms with Crippen LogP contribution in [0.2, 0.25) is 0 Å². The Bertz CT molecular complexity index is 657. The van der Waals surface area contributed by atoms with Crippen molar-refractivity contribution in [2.75, 3.05) is 5.33 Å². The number of halogens is 2. The van der Waals surface area contributed by atoms with Crippen molar-refractivity contribution in [1.82, 2.24) is 4.98 Å². The van der Waals surface area contributed by atoms with E-state index in [0.717, 1.165) is 21.2 Å². The maximum Gasteiger partial charge on any atom is 0.0785 e. The first kappa shape index (κ1) is 15.2. The summed E-state index contributed by atoms with van der Waals surface area (Å²) in [6.45, 7) is 0. The molecule has 1 heterocycles. The molecule has 1 nitrogen and oxygen atoms in total. The van der Waals surface area contributed by atoms with Crippen LogP contribution in [0.15, 0.2) is 40.5 Å². The zero-order chi connectivity index (χ0) is 14.7. The molecule has 1 saturated carbocycles. The zero-order valence-corrected chi connectivity index (χ0v) is 15.2. The highest BCUT2D eigenvalue weighted by molar-refractivity contribution is 9.10. The zero-order valence-electron chi connectivity index (χ0n) is 12.0. The molecule has 0 unspecified atom stereocenters. The quantitative estimate of drug-likeness (QED) is 0.538. The maximum atomic E-state index is 4.58. The average Bonchev–Trinajstić information content (AvgIpc) is 2.55. The molecule has 1 fully saturated rings. The van der Waals surface area contributed by atoms with Gasteiger partial charge in [-0.25, -0.2) is 0 Å². The van der Waals surface area contributed by atoms with E-state index < -0.39 is 0 Å². The van der Waals surface area contributed by atoms with Gasteiger partial charge in [0.15, 0.2) is 0 Å². The van der Waals surface area contributed by atoms with Crippen molar-refractivity contribution in [1.29, 1.82) is 0 Å². The van der Waals surface area contributed by atoms with Crippen molar-refractivity contribution in [3.63, 3.8) is 0 Å². The third-order valence-corrected chi connectivity index (χ3v) is 5.71. The number of alkyl halides is 1. The Morgan fingerprint density at radius 1 is 1.19 bits per heavy atom. The van der Waals surface area contributed by atoms with Crippen molar-refractivity contribution in [2.45, 2.75) is 32.1 Å². The molecule has 1 aliphatic rings. The Kier molecular flexibility index (Phi) is 5.12. The molecule has 1 aliphatic carbocycles. The topological polar surface area (TPSA) is 12.9 Å². The second kappa shape index (κ2) is 7.06. The Labute approximate surface area is 143 Å². The fraction of sp³-hybridized carbons (Fsp3) is 0.389. The summed E-state index contributed by atoms with van der Waals surface area (Å²) in [6.07, 6.45) is 11.0. The molecule has 3 rings (SSSR count). The van der Waals surface area contributed by atoms with Crippen LogP contribution in [0, 0.1) is 5.92 Å². The summed E-state index contributed by atoms with van der Waals surface area (Å²) in [6, 6.07) is 8.42. The third-order valence-electron chi connectivity index (χ3n) is 4.37. The summed E-state index contributed by atoms with van der Waals surface area (Å²) < 4.78 is 1.11. The van der Waals surface area contributed by atoms with Crippen molar-refractivity contribution < 1.29 is 0 Å². The van der Waals surface area contributed by atoms with Crippen molar-refractivity contribution >= 4 is 48.8 Å². The molecule has 1 aromatic heterocycles. The summed E-state index contributed by atoms with van der Waals surface area (Å²) in [5.41, 5.74) is 3.83. The normalized spacial score (nSPS) is 17.3. The summed E-state index contributed by atoms with van der Waals surface area (Å²) in [7, 11) is 0. The molecule has 0 bridgehead atoms. The van der Waals surface area contributed by atoms with E-state index in [1.165, 1.54) is 48.6 Å². The molecule has 110 valence electrons. The summed E-state index contributed by atoms with van der Waals surface area (Å²) >= 11 is 7.31. The molecule has 21 heavy (non-hydrogen) atoms. The summed E-state index contributed by atoms with van der Waals surface area (Å²) in [4.78, 5) is 4.58. The molecule has 2 aromatic rings. The Morgan fingerprint density at radius 3 is 2.76 bits per heavy atom. The molecule has 0 amide bonds. The van der Waals surface area contributed by atoms with Gasteiger partial charge >= 0.3 is 0 Å². The second-order valence-electron chi connectivity index (χ2n) is 5.72. The van der Waals surface area contributed by atoms with Crippen LogP contribution >= 0.6 is 31.9 Å². The number of pyridine rings is 1. The van der Waals surface area contributed by atoms with Crippen molar-refractivity contribution in [3.8, 4) is 0 Å². The third kappa shape index (κ3) is 3.40. The number of benzene rings is 1. The van der Waals surface area contributed by atoms with Crippen LogP contribution in [0.5, 0.6) is 0 Å². The lowest BCUT2D eigenvalue weighted by Crippen LogP contribution is -2.10. The standard InChI is InChI=1S/C18H19Br2N/c19-12-15(13-5-2-1-3-6-13)11-14-8-9-17(20)16-7-4-10-21-18(14)16/h4,7-11,13H,1-3,5-6,12H2/b15-11-. The van der Waals surface area contributed by atoms with E-state index in [1.807, 2.05) is 12.3 Å². The van der Waals surface area contributed by atoms with E-state index in [4.69, 9.17) is 0 Å². The highest BCUT2D eigenvalue weighted by Gasteiger charge is 2.17. The number of allylic oxidation sites excluding steroid dienone is 1. The van der Waals surface area contributed by atoms with E-state index >= 15 is 0 Å². The van der Waals surface area contributed by atoms with Gasteiger partial charge in [-0.15, -0.1) is 0 Å². The van der Waals surface area contributed by atoms with Gasteiger partial charge in [-0.2, -0.15) is 0 Å². The monoisotopic (exact) mass is 407 g/mol. The molecule has 3 heteroatoms. The van der Waals surface area contributed by atoms with Gasteiger partial charge in [0.05, 0.1) is 5.52 Å². The van der Waals surface area contributed by atoms with Gasteiger partial charge < -0.3 is 0 Å². The minimum atomic E-state index is 0.737. The molecule has 0 spiro atoms. The first-order chi connectivity index (χ1) is 10.3. The number of aromatic nitrogens is 1. The predicted molar refractivity (Wildman–Crippen MR) is 97.8 cm³/mol. The van der Waals surface area contributed by atoms with Gasteiger partial charge in [0, 0.05) is 26.9 Å². The van der Waals surface area contributed by atoms with Crippen molar-refractivity contribution in [3.05, 3.63) is 46.1 Å². The second-order valence-corrected chi connectivity index (χ2v) is 7.14. The number of rotatable bonds is 3. The molecule has 0 aliphatic heterocycles. The largest absolute Gasteiger partial charge is 0.256 e. The van der Waals surface area contributed by atoms with Crippen LogP contribution in [0.1, 0.15) is 37.7 Å². The molecular weight excluding hydrogens is 390 g/mol. The number of hydrogen-bond acceptors (Lipinski definition) is 1. The van der Waals surface area contributed by atoms with Gasteiger partial charge in [-0.3, -0.25) is 4.98 Å². The number of fused-ring (bicyclic) bond motifs is 1. The van der Waals surface area contributed by atoms with E-state index in [1.54, 1.807) is 0 Å². The summed E-state index contributed by atoms with van der Waals surface area (Å²) in [5, 5.41) is 2.14. The Morgan fingerprint density at radius 2 is 2.00 bits per heavy atom. The van der Waals surface area contributed by atoms with Crippen molar-refractivity contribution in [2.24, 2.45) is 5.92 Å². The van der Waals surface area contributed by atoms with Gasteiger partial charge in [-0.1, -0.05) is 74.9 Å². The lowest BCUT2D eigenvalue weighted by Gasteiger charge is -2.23. The van der Waals surface area contributed by atoms with Gasteiger partial charge in [0.1, 0.15) is 0 Å². The van der Waals surface area contributed by atoms with Gasteiger partial charge in [0.25, 0.3) is 0 Å². The molecule has 0 N–H and O–H groups in total. The SMILES string of the molecule is BrC/C(=C/c1ccc(Br)c2cccnc12)C1CCCCC1. The first-order valence-electron chi connectivity index (χ1n) is 7.59. The predicted octanol–water partition coefficient (Wildman–Crippen LogP) is 6.36. The van der Waals surface area contributed by atoms with Crippen LogP contribution < -0.4 is 0 Å². The van der Waals surface area contributed by atoms with Gasteiger partial charge in [-0.05, 0) is 30.9 Å². The number of nitrogens with zero attached hydrogens (tertiary/aromatic N) is 1. The van der Waals surface area contributed by atoms with Crippen LogP contribution in [-0.2, 0) is 0 Å². The fourth-order valence-corrected chi connectivity index (χ4v) is 4.29. The Hall–Kier alpha value is -0.670. The molecule has 0 saturated heterocycles. The van der Waals surface area contributed by atoms with E-state index in [9.17, 15) is 0 Å². The van der Waals surface area contributed by atoms with Crippen LogP contribution in [0.25, 0.3) is 17.0 Å². The minimum Gasteiger partial charge on any atom is -0.256 e. The highest BCUT2D eigenvalue weighted by Crippen LogP contribution is 2.33. The molecular formula is C18H19Br2N. The van der Waals surface area contributed by atoms with Gasteiger partial charge in [0.2, 0.25) is 0 Å². The Balaban J connectivity index is 2.02. The molecule has 1 aromatic carbocycles. The van der Waals surface area contributed by atoms with Crippen LogP contribution in [0.3, 0.4) is 0 Å². The molecule has 0 atom stereocenters. The lowest BCUT2D eigenvalue weighted by atomic mass is 9.83. The maximum absolute atomic E-state index is 4.58. The van der Waals surface area contributed by atoms with E-state index in [-0.39, 0.29) is 0 Å². The lowest BCUT2D eigenvalue weighted by molar-refractivity contribution is 0.405. The number of hydrogen-bond donors (Lipinski definition) is 0. The fourth-order valence-electron chi connectivity index (χ4n) is 3.21. The van der Waals surface area contributed by atoms with Crippen LogP contribution in [-0.4, -0.2) is 10.3 Å².